The molecule has 0 radical (unpaired) electrons. The van der Waals surface area contributed by atoms with E-state index in [1.807, 2.05) is 20.8 Å². The lowest BCUT2D eigenvalue weighted by Crippen LogP contribution is -2.34. The number of pyridine rings is 1. The lowest BCUT2D eigenvalue weighted by atomic mass is 9.97. The second-order valence-electron chi connectivity index (χ2n) is 7.08. The Hall–Kier alpha value is -2.47. The molecule has 0 amide bonds. The molecule has 0 bridgehead atoms. The van der Waals surface area contributed by atoms with Crippen LogP contribution in [0.5, 0.6) is 0 Å². The molecule has 0 spiro atoms. The first-order chi connectivity index (χ1) is 11.7. The lowest BCUT2D eigenvalue weighted by Gasteiger charge is -2.20. The number of hydrogen-bond acceptors (Lipinski definition) is 3. The highest BCUT2D eigenvalue weighted by Gasteiger charge is 2.19. The average molecular weight is 362 g/mol. The minimum Gasteiger partial charge on any atom is -0.277 e. The smallest absolute Gasteiger partial charge is 0.277 e. The molecule has 5 nitrogen and oxygen atoms in total. The van der Waals surface area contributed by atoms with E-state index >= 15 is 0 Å². The van der Waals surface area contributed by atoms with Crippen molar-refractivity contribution >= 4 is 22.6 Å². The van der Waals surface area contributed by atoms with Crippen LogP contribution in [0.2, 0.25) is 5.02 Å². The van der Waals surface area contributed by atoms with Crippen molar-refractivity contribution in [1.29, 1.82) is 0 Å². The van der Waals surface area contributed by atoms with Crippen LogP contribution in [-0.2, 0) is 6.54 Å². The van der Waals surface area contributed by atoms with Gasteiger partial charge in [-0.3, -0.25) is 14.3 Å². The van der Waals surface area contributed by atoms with Crippen LogP contribution in [0.4, 0.5) is 4.39 Å². The van der Waals surface area contributed by atoms with Crippen molar-refractivity contribution in [1.82, 2.24) is 14.5 Å². The maximum atomic E-state index is 14.2. The molecule has 0 aliphatic rings. The Morgan fingerprint density at radius 2 is 1.92 bits per heavy atom. The highest BCUT2D eigenvalue weighted by Crippen LogP contribution is 2.30. The van der Waals surface area contributed by atoms with E-state index in [1.54, 1.807) is 18.2 Å². The molecule has 7 heteroatoms. The second-order valence-corrected chi connectivity index (χ2v) is 7.48. The Morgan fingerprint density at radius 1 is 1.24 bits per heavy atom. The number of aromatic nitrogens is 3. The van der Waals surface area contributed by atoms with Crippen LogP contribution in [0.3, 0.4) is 0 Å². The predicted octanol–water partition coefficient (Wildman–Crippen LogP) is 3.59. The van der Waals surface area contributed by atoms with E-state index in [1.165, 1.54) is 16.7 Å². The first-order valence-electron chi connectivity index (χ1n) is 7.76. The van der Waals surface area contributed by atoms with Gasteiger partial charge in [0.15, 0.2) is 0 Å². The number of fused-ring (bicyclic) bond motifs is 1. The third-order valence-corrected chi connectivity index (χ3v) is 3.97. The molecule has 130 valence electrons. The molecule has 0 aliphatic heterocycles. The van der Waals surface area contributed by atoms with Gasteiger partial charge in [0, 0.05) is 12.1 Å². The zero-order valence-corrected chi connectivity index (χ0v) is 14.8. The number of hydrogen-bond donors (Lipinski definition) is 1. The van der Waals surface area contributed by atoms with Crippen molar-refractivity contribution in [3.05, 3.63) is 62.0 Å². The molecule has 2 aromatic heterocycles. The molecule has 2 heterocycles. The molecule has 0 saturated heterocycles. The highest BCUT2D eigenvalue weighted by atomic mass is 35.5. The Balaban J connectivity index is 2.39. The van der Waals surface area contributed by atoms with Crippen LogP contribution < -0.4 is 11.2 Å². The number of rotatable bonds is 2. The maximum Gasteiger partial charge on any atom is 0.330 e. The normalized spacial score (nSPS) is 11.9. The van der Waals surface area contributed by atoms with E-state index in [4.69, 9.17) is 11.6 Å². The summed E-state index contributed by atoms with van der Waals surface area (Å²) in [5, 5.41) is 0.331. The molecule has 3 rings (SSSR count). The molecule has 1 N–H and O–H groups in total. The van der Waals surface area contributed by atoms with Gasteiger partial charge in [0.1, 0.15) is 11.5 Å². The Kier molecular flexibility index (Phi) is 4.24. The summed E-state index contributed by atoms with van der Waals surface area (Å²) < 4.78 is 15.5. The fourth-order valence-corrected chi connectivity index (χ4v) is 2.90. The lowest BCUT2D eigenvalue weighted by molar-refractivity contribution is 0.340. The van der Waals surface area contributed by atoms with Gasteiger partial charge in [0.25, 0.3) is 5.56 Å². The van der Waals surface area contributed by atoms with Gasteiger partial charge >= 0.3 is 5.69 Å². The maximum absolute atomic E-state index is 14.2. The van der Waals surface area contributed by atoms with E-state index in [0.717, 1.165) is 0 Å². The van der Waals surface area contributed by atoms with Gasteiger partial charge in [-0.05, 0) is 23.6 Å². The third-order valence-electron chi connectivity index (χ3n) is 3.68. The van der Waals surface area contributed by atoms with Gasteiger partial charge in [-0.15, -0.1) is 0 Å². The van der Waals surface area contributed by atoms with E-state index in [0.29, 0.717) is 6.54 Å². The zero-order valence-electron chi connectivity index (χ0n) is 14.1. The highest BCUT2D eigenvalue weighted by molar-refractivity contribution is 6.33. The van der Waals surface area contributed by atoms with Gasteiger partial charge in [0.2, 0.25) is 0 Å². The number of halogens is 2. The van der Waals surface area contributed by atoms with Crippen molar-refractivity contribution in [2.45, 2.75) is 27.3 Å². The average Bonchev–Trinajstić information content (AvgIpc) is 2.51. The molecule has 0 unspecified atom stereocenters. The zero-order chi connectivity index (χ0) is 18.4. The monoisotopic (exact) mass is 361 g/mol. The summed E-state index contributed by atoms with van der Waals surface area (Å²) in [6, 6.07) is 7.50. The Morgan fingerprint density at radius 3 is 2.56 bits per heavy atom. The molecule has 0 atom stereocenters. The van der Waals surface area contributed by atoms with E-state index in [2.05, 4.69) is 9.97 Å². The molecular weight excluding hydrogens is 345 g/mol. The van der Waals surface area contributed by atoms with E-state index in [9.17, 15) is 14.0 Å². The Labute approximate surface area is 148 Å². The Bertz CT molecular complexity index is 1080. The number of aromatic amines is 1. The standard InChI is InChI=1S/C18H17ClFN3O2/c1-18(2,3)9-23-15-11(16(24)22-17(23)25)8-12(19)14(21-15)10-6-4-5-7-13(10)20/h4-8H,9H2,1-3H3,(H,22,24,25). The first-order valence-corrected chi connectivity index (χ1v) is 8.13. The minimum absolute atomic E-state index is 0.143. The van der Waals surface area contributed by atoms with Crippen molar-refractivity contribution < 1.29 is 4.39 Å². The summed E-state index contributed by atoms with van der Waals surface area (Å²) in [5.41, 5.74) is -0.758. The van der Waals surface area contributed by atoms with Crippen LogP contribution in [0, 0.1) is 11.2 Å². The molecule has 0 aliphatic carbocycles. The predicted molar refractivity (Wildman–Crippen MR) is 96.5 cm³/mol. The third kappa shape index (κ3) is 3.35. The summed E-state index contributed by atoms with van der Waals surface area (Å²) >= 11 is 6.24. The van der Waals surface area contributed by atoms with Gasteiger partial charge in [0.05, 0.1) is 16.1 Å². The quantitative estimate of drug-likeness (QED) is 0.758. The first kappa shape index (κ1) is 17.4. The van der Waals surface area contributed by atoms with E-state index in [-0.39, 0.29) is 32.7 Å². The molecule has 25 heavy (non-hydrogen) atoms. The van der Waals surface area contributed by atoms with E-state index < -0.39 is 17.1 Å². The molecule has 0 saturated carbocycles. The number of benzene rings is 1. The SMILES string of the molecule is CC(C)(C)Cn1c(=O)[nH]c(=O)c2cc(Cl)c(-c3ccccc3F)nc21. The van der Waals surface area contributed by atoms with Crippen LogP contribution in [0.25, 0.3) is 22.3 Å². The van der Waals surface area contributed by atoms with Crippen LogP contribution in [0.15, 0.2) is 39.9 Å². The molecular formula is C18H17ClFN3O2. The van der Waals surface area contributed by atoms with Crippen molar-refractivity contribution in [3.8, 4) is 11.3 Å². The fraction of sp³-hybridized carbons (Fsp3) is 0.278. The summed E-state index contributed by atoms with van der Waals surface area (Å²) in [6.07, 6.45) is 0. The minimum atomic E-state index is -0.570. The summed E-state index contributed by atoms with van der Waals surface area (Å²) in [5.74, 6) is -0.481. The summed E-state index contributed by atoms with van der Waals surface area (Å²) in [6.45, 7) is 6.22. The number of H-pyrrole nitrogens is 1. The topological polar surface area (TPSA) is 67.8 Å². The molecule has 0 fully saturated rings. The number of nitrogens with zero attached hydrogens (tertiary/aromatic N) is 2. The summed E-state index contributed by atoms with van der Waals surface area (Å²) in [7, 11) is 0. The number of nitrogens with one attached hydrogen (secondary N) is 1. The largest absolute Gasteiger partial charge is 0.330 e. The molecule has 3 aromatic rings. The van der Waals surface area contributed by atoms with Gasteiger partial charge in [-0.1, -0.05) is 44.5 Å². The van der Waals surface area contributed by atoms with Gasteiger partial charge in [-0.25, -0.2) is 14.2 Å². The van der Waals surface area contributed by atoms with Crippen LogP contribution in [0.1, 0.15) is 20.8 Å². The molecule has 1 aromatic carbocycles. The van der Waals surface area contributed by atoms with Crippen molar-refractivity contribution in [2.75, 3.05) is 0 Å². The van der Waals surface area contributed by atoms with Gasteiger partial charge in [-0.2, -0.15) is 0 Å². The van der Waals surface area contributed by atoms with Crippen molar-refractivity contribution in [2.24, 2.45) is 5.41 Å². The van der Waals surface area contributed by atoms with Crippen LogP contribution >= 0.6 is 11.6 Å². The fourth-order valence-electron chi connectivity index (χ4n) is 2.64. The summed E-state index contributed by atoms with van der Waals surface area (Å²) in [4.78, 5) is 31.1. The van der Waals surface area contributed by atoms with Crippen LogP contribution in [-0.4, -0.2) is 14.5 Å². The van der Waals surface area contributed by atoms with Gasteiger partial charge < -0.3 is 0 Å². The van der Waals surface area contributed by atoms with Crippen molar-refractivity contribution in [3.63, 3.8) is 0 Å². The second kappa shape index (κ2) is 6.11.